The van der Waals surface area contributed by atoms with Gasteiger partial charge in [0.25, 0.3) is 0 Å². The first-order valence-electron chi connectivity index (χ1n) is 7.65. The van der Waals surface area contributed by atoms with Crippen LogP contribution in [0.5, 0.6) is 5.75 Å². The van der Waals surface area contributed by atoms with Gasteiger partial charge in [-0.3, -0.25) is 4.98 Å². The number of anilines is 3. The number of rotatable bonds is 2. The van der Waals surface area contributed by atoms with Crippen LogP contribution in [-0.2, 0) is 0 Å². The van der Waals surface area contributed by atoms with Gasteiger partial charge in [-0.1, -0.05) is 11.6 Å². The van der Waals surface area contributed by atoms with Crippen LogP contribution < -0.4 is 20.7 Å². The molecular formula is C17H15ClN5OP. The molecule has 1 aliphatic rings. The summed E-state index contributed by atoms with van der Waals surface area (Å²) in [4.78, 5) is 14.8. The molecule has 4 heterocycles. The van der Waals surface area contributed by atoms with E-state index < -0.39 is 0 Å². The molecule has 3 aromatic heterocycles. The summed E-state index contributed by atoms with van der Waals surface area (Å²) in [7, 11) is 2.66. The number of ether oxygens (including phenoxy) is 1. The Kier molecular flexibility index (Phi) is 4.15. The third kappa shape index (κ3) is 3.11. The Labute approximate surface area is 152 Å². The first kappa shape index (κ1) is 16.1. The monoisotopic (exact) mass is 371 g/mol. The lowest BCUT2D eigenvalue weighted by molar-refractivity contribution is 0.313. The molecule has 0 fully saturated rings. The number of hydrogen-bond donors (Lipinski definition) is 1. The van der Waals surface area contributed by atoms with Crippen molar-refractivity contribution in [2.24, 2.45) is 0 Å². The van der Waals surface area contributed by atoms with E-state index in [1.807, 2.05) is 18.2 Å². The molecule has 0 radical (unpaired) electrons. The molecule has 0 aromatic carbocycles. The maximum absolute atomic E-state index is 6.05. The minimum Gasteiger partial charge on any atom is -0.488 e. The second kappa shape index (κ2) is 6.47. The van der Waals surface area contributed by atoms with Gasteiger partial charge in [0.2, 0.25) is 0 Å². The summed E-state index contributed by atoms with van der Waals surface area (Å²) < 4.78 is 5.76. The van der Waals surface area contributed by atoms with Gasteiger partial charge in [0, 0.05) is 29.7 Å². The van der Waals surface area contributed by atoms with E-state index in [2.05, 4.69) is 29.1 Å². The van der Waals surface area contributed by atoms with Crippen molar-refractivity contribution in [1.82, 2.24) is 15.0 Å². The van der Waals surface area contributed by atoms with E-state index in [0.717, 1.165) is 33.7 Å². The first-order valence-corrected chi connectivity index (χ1v) is 8.60. The predicted molar refractivity (Wildman–Crippen MR) is 103 cm³/mol. The molecule has 0 saturated heterocycles. The van der Waals surface area contributed by atoms with Crippen molar-refractivity contribution in [2.75, 3.05) is 23.8 Å². The zero-order chi connectivity index (χ0) is 17.4. The summed E-state index contributed by atoms with van der Waals surface area (Å²) in [6, 6.07) is 7.57. The average molecular weight is 372 g/mol. The van der Waals surface area contributed by atoms with Gasteiger partial charge >= 0.3 is 0 Å². The van der Waals surface area contributed by atoms with Gasteiger partial charge in [-0.15, -0.1) is 9.24 Å². The molecule has 1 atom stereocenters. The predicted octanol–water partition coefficient (Wildman–Crippen LogP) is 2.81. The fourth-order valence-corrected chi connectivity index (χ4v) is 3.27. The number of hydrogen-bond acceptors (Lipinski definition) is 6. The molecule has 0 spiro atoms. The molecule has 6 nitrogen and oxygen atoms in total. The van der Waals surface area contributed by atoms with Gasteiger partial charge in [-0.2, -0.15) is 0 Å². The van der Waals surface area contributed by atoms with Gasteiger partial charge in [0.15, 0.2) is 5.75 Å². The van der Waals surface area contributed by atoms with Crippen LogP contribution in [0.15, 0.2) is 42.9 Å². The van der Waals surface area contributed by atoms with E-state index in [0.29, 0.717) is 24.1 Å². The highest BCUT2D eigenvalue weighted by atomic mass is 35.5. The lowest BCUT2D eigenvalue weighted by atomic mass is 10.1. The van der Waals surface area contributed by atoms with Crippen molar-refractivity contribution in [1.29, 1.82) is 0 Å². The summed E-state index contributed by atoms with van der Waals surface area (Å²) in [6.07, 6.45) is 5.15. The van der Waals surface area contributed by atoms with Crippen molar-refractivity contribution in [3.8, 4) is 17.0 Å². The standard InChI is InChI=1S/C17H15ClN5OP/c18-16-6-11(15(25)9-22-16)12-7-13-14(8-21-12)24-4-3-23(13)10-1-2-20-17(19)5-10/h1-2,5-9H,3-4,25H2,(H2,19,20). The van der Waals surface area contributed by atoms with Crippen LogP contribution in [0.25, 0.3) is 11.3 Å². The normalized spacial score (nSPS) is 13.3. The van der Waals surface area contributed by atoms with Crippen LogP contribution in [0.1, 0.15) is 0 Å². The zero-order valence-electron chi connectivity index (χ0n) is 13.2. The number of pyridine rings is 3. The molecule has 0 bridgehead atoms. The SMILES string of the molecule is Nc1cc(N2CCOc3cnc(-c4cc(Cl)ncc4P)cc32)ccn1. The third-order valence-electron chi connectivity index (χ3n) is 3.96. The summed E-state index contributed by atoms with van der Waals surface area (Å²) in [6.45, 7) is 1.29. The summed E-state index contributed by atoms with van der Waals surface area (Å²) in [5, 5.41) is 1.35. The molecule has 0 saturated carbocycles. The number of aromatic nitrogens is 3. The Morgan fingerprint density at radius 1 is 1.16 bits per heavy atom. The molecule has 126 valence electrons. The molecule has 1 aliphatic heterocycles. The Bertz CT molecular complexity index is 952. The third-order valence-corrected chi connectivity index (χ3v) is 4.63. The Balaban J connectivity index is 1.82. The Morgan fingerprint density at radius 2 is 2.04 bits per heavy atom. The lowest BCUT2D eigenvalue weighted by Crippen LogP contribution is -2.28. The fraction of sp³-hybridized carbons (Fsp3) is 0.118. The van der Waals surface area contributed by atoms with Crippen molar-refractivity contribution in [2.45, 2.75) is 0 Å². The molecular weight excluding hydrogens is 357 g/mol. The van der Waals surface area contributed by atoms with E-state index in [4.69, 9.17) is 22.1 Å². The molecule has 3 aromatic rings. The smallest absolute Gasteiger partial charge is 0.161 e. The summed E-state index contributed by atoms with van der Waals surface area (Å²) in [5.41, 5.74) is 9.44. The number of fused-ring (bicyclic) bond motifs is 1. The highest BCUT2D eigenvalue weighted by Crippen LogP contribution is 2.38. The second-order valence-corrected chi connectivity index (χ2v) is 6.58. The second-order valence-electron chi connectivity index (χ2n) is 5.57. The highest BCUT2D eigenvalue weighted by Gasteiger charge is 2.21. The van der Waals surface area contributed by atoms with E-state index in [1.54, 1.807) is 24.7 Å². The van der Waals surface area contributed by atoms with Crippen LogP contribution >= 0.6 is 20.8 Å². The van der Waals surface area contributed by atoms with Crippen LogP contribution in [0.4, 0.5) is 17.2 Å². The topological polar surface area (TPSA) is 77.2 Å². The molecule has 8 heteroatoms. The van der Waals surface area contributed by atoms with E-state index in [-0.39, 0.29) is 0 Å². The van der Waals surface area contributed by atoms with Gasteiger partial charge < -0.3 is 15.4 Å². The first-order chi connectivity index (χ1) is 12.1. The number of nitrogens with two attached hydrogens (primary N) is 1. The molecule has 0 aliphatic carbocycles. The van der Waals surface area contributed by atoms with Gasteiger partial charge in [-0.25, -0.2) is 9.97 Å². The van der Waals surface area contributed by atoms with Crippen LogP contribution in [0.2, 0.25) is 5.15 Å². The lowest BCUT2D eigenvalue weighted by Gasteiger charge is -2.31. The molecule has 2 N–H and O–H groups in total. The minimum absolute atomic E-state index is 0.427. The summed E-state index contributed by atoms with van der Waals surface area (Å²) in [5.74, 6) is 1.21. The fourth-order valence-electron chi connectivity index (χ4n) is 2.80. The number of nitrogens with zero attached hydrogens (tertiary/aromatic N) is 4. The molecule has 25 heavy (non-hydrogen) atoms. The minimum atomic E-state index is 0.427. The van der Waals surface area contributed by atoms with Crippen molar-refractivity contribution in [3.05, 3.63) is 48.0 Å². The van der Waals surface area contributed by atoms with Crippen molar-refractivity contribution in [3.63, 3.8) is 0 Å². The maximum Gasteiger partial charge on any atom is 0.161 e. The van der Waals surface area contributed by atoms with E-state index in [1.165, 1.54) is 0 Å². The molecule has 1 unspecified atom stereocenters. The van der Waals surface area contributed by atoms with Crippen molar-refractivity contribution >= 4 is 43.3 Å². The van der Waals surface area contributed by atoms with Gasteiger partial charge in [-0.05, 0) is 23.5 Å². The molecule has 0 amide bonds. The van der Waals surface area contributed by atoms with Gasteiger partial charge in [0.05, 0.1) is 24.1 Å². The van der Waals surface area contributed by atoms with Crippen LogP contribution in [0, 0.1) is 0 Å². The van der Waals surface area contributed by atoms with Gasteiger partial charge in [0.1, 0.15) is 17.6 Å². The van der Waals surface area contributed by atoms with Crippen LogP contribution in [0.3, 0.4) is 0 Å². The van der Waals surface area contributed by atoms with E-state index in [9.17, 15) is 0 Å². The average Bonchev–Trinajstić information content (AvgIpc) is 2.63. The Morgan fingerprint density at radius 3 is 2.88 bits per heavy atom. The Hall–Kier alpha value is -2.43. The van der Waals surface area contributed by atoms with Crippen LogP contribution in [-0.4, -0.2) is 28.1 Å². The highest BCUT2D eigenvalue weighted by molar-refractivity contribution is 7.27. The maximum atomic E-state index is 6.05. The number of nitrogen functional groups attached to an aromatic ring is 1. The van der Waals surface area contributed by atoms with E-state index >= 15 is 0 Å². The van der Waals surface area contributed by atoms with Crippen molar-refractivity contribution < 1.29 is 4.74 Å². The summed E-state index contributed by atoms with van der Waals surface area (Å²) >= 11 is 6.05. The largest absolute Gasteiger partial charge is 0.488 e. The zero-order valence-corrected chi connectivity index (χ0v) is 15.1. The molecule has 4 rings (SSSR count). The quantitative estimate of drug-likeness (QED) is 0.551. The number of halogens is 1.